The Kier molecular flexibility index (Phi) is 14.1. The van der Waals surface area contributed by atoms with Crippen molar-refractivity contribution in [3.63, 3.8) is 0 Å². The normalized spacial score (nSPS) is 21.5. The summed E-state index contributed by atoms with van der Waals surface area (Å²) in [7, 11) is -4.78. The third kappa shape index (κ3) is 11.4. The second-order valence-corrected chi connectivity index (χ2v) is 12.7. The van der Waals surface area contributed by atoms with Gasteiger partial charge < -0.3 is 35.6 Å². The molecule has 248 valence electrons. The predicted octanol–water partition coefficient (Wildman–Crippen LogP) is -0.487. The van der Waals surface area contributed by atoms with E-state index in [-0.39, 0.29) is 49.6 Å². The van der Waals surface area contributed by atoms with E-state index < -0.39 is 49.5 Å². The standard InChI is InChI=1S/C26H42N5O11PS/c32-18-15-22(42-19(18)16-41-43(38,39)40)31-13-10-21(34)30(26(31)37)14-12-27-20(33)9-5-2-6-11-28-24(36)25(44)29-23(35)17-7-3-1-4-8-17/h10,13,17-19,22,25,32,44H,1-9,11-12,14-16H2,(H,27,33)(H,28,36)(H,29,35)(H2,38,39,40). The zero-order chi connectivity index (χ0) is 32.3. The number of hydrogen-bond acceptors (Lipinski definition) is 10. The van der Waals surface area contributed by atoms with Gasteiger partial charge in [-0.15, -0.1) is 12.6 Å². The number of aliphatic hydroxyl groups excluding tert-OH is 1. The van der Waals surface area contributed by atoms with Crippen molar-refractivity contribution >= 4 is 38.2 Å². The fourth-order valence-corrected chi connectivity index (χ4v) is 5.70. The first-order valence-electron chi connectivity index (χ1n) is 14.7. The minimum Gasteiger partial charge on any atom is -0.390 e. The van der Waals surface area contributed by atoms with Gasteiger partial charge in [0.2, 0.25) is 11.8 Å². The highest BCUT2D eigenvalue weighted by Crippen LogP contribution is 2.38. The van der Waals surface area contributed by atoms with Crippen LogP contribution in [-0.4, -0.2) is 79.0 Å². The van der Waals surface area contributed by atoms with E-state index in [2.05, 4.69) is 33.1 Å². The molecule has 1 saturated heterocycles. The van der Waals surface area contributed by atoms with Crippen LogP contribution in [-0.2, 0) is 34.8 Å². The lowest BCUT2D eigenvalue weighted by Gasteiger charge is -2.22. The lowest BCUT2D eigenvalue weighted by Crippen LogP contribution is -2.45. The summed E-state index contributed by atoms with van der Waals surface area (Å²) in [5.74, 6) is -0.852. The minimum absolute atomic E-state index is 0.0108. The number of aliphatic hydroxyl groups is 1. The van der Waals surface area contributed by atoms with E-state index in [0.29, 0.717) is 25.8 Å². The van der Waals surface area contributed by atoms with Crippen molar-refractivity contribution in [3.8, 4) is 0 Å². The molecule has 1 saturated carbocycles. The Hall–Kier alpha value is -2.53. The number of phosphoric ester groups is 1. The Bertz CT molecular complexity index is 1300. The maximum atomic E-state index is 12.9. The first kappa shape index (κ1) is 35.9. The van der Waals surface area contributed by atoms with Crippen LogP contribution in [0.5, 0.6) is 0 Å². The van der Waals surface area contributed by atoms with Crippen LogP contribution < -0.4 is 27.2 Å². The van der Waals surface area contributed by atoms with Gasteiger partial charge in [-0.3, -0.25) is 32.8 Å². The highest BCUT2D eigenvalue weighted by molar-refractivity contribution is 7.81. The molecule has 2 heterocycles. The van der Waals surface area contributed by atoms with E-state index in [1.54, 1.807) is 0 Å². The van der Waals surface area contributed by atoms with Crippen molar-refractivity contribution in [2.75, 3.05) is 19.7 Å². The Morgan fingerprint density at radius 3 is 2.52 bits per heavy atom. The first-order chi connectivity index (χ1) is 20.9. The zero-order valence-electron chi connectivity index (χ0n) is 24.3. The molecule has 3 rings (SSSR count). The highest BCUT2D eigenvalue weighted by atomic mass is 32.1. The number of ether oxygens (including phenoxy) is 1. The molecule has 1 aliphatic carbocycles. The molecule has 1 aliphatic heterocycles. The smallest absolute Gasteiger partial charge is 0.390 e. The van der Waals surface area contributed by atoms with E-state index in [4.69, 9.17) is 14.5 Å². The topological polar surface area (TPSA) is 228 Å². The van der Waals surface area contributed by atoms with Crippen molar-refractivity contribution in [3.05, 3.63) is 33.1 Å². The number of carbonyl (C=O) groups excluding carboxylic acids is 3. The lowest BCUT2D eigenvalue weighted by molar-refractivity contribution is -0.129. The fourth-order valence-electron chi connectivity index (χ4n) is 5.14. The second kappa shape index (κ2) is 17.2. The fraction of sp³-hybridized carbons (Fsp3) is 0.731. The molecule has 4 atom stereocenters. The molecule has 4 unspecified atom stereocenters. The average Bonchev–Trinajstić information content (AvgIpc) is 3.35. The lowest BCUT2D eigenvalue weighted by atomic mass is 9.89. The summed E-state index contributed by atoms with van der Waals surface area (Å²) < 4.78 is 22.8. The molecular formula is C26H42N5O11PS. The maximum Gasteiger partial charge on any atom is 0.469 e. The Labute approximate surface area is 259 Å². The largest absolute Gasteiger partial charge is 0.469 e. The molecule has 44 heavy (non-hydrogen) atoms. The van der Waals surface area contributed by atoms with Gasteiger partial charge in [0.15, 0.2) is 5.37 Å². The molecule has 16 nitrogen and oxygen atoms in total. The van der Waals surface area contributed by atoms with Crippen LogP contribution in [0.2, 0.25) is 0 Å². The van der Waals surface area contributed by atoms with E-state index in [1.807, 2.05) is 0 Å². The molecule has 1 aromatic rings. The molecular weight excluding hydrogens is 621 g/mol. The van der Waals surface area contributed by atoms with Gasteiger partial charge in [0.1, 0.15) is 12.3 Å². The summed E-state index contributed by atoms with van der Waals surface area (Å²) in [4.78, 5) is 79.6. The summed E-state index contributed by atoms with van der Waals surface area (Å²) >= 11 is 4.19. The van der Waals surface area contributed by atoms with E-state index in [9.17, 15) is 33.6 Å². The molecule has 0 aromatic carbocycles. The average molecular weight is 664 g/mol. The van der Waals surface area contributed by atoms with Gasteiger partial charge in [-0.1, -0.05) is 25.7 Å². The quantitative estimate of drug-likeness (QED) is 0.0517. The van der Waals surface area contributed by atoms with Crippen LogP contribution >= 0.6 is 20.5 Å². The number of carbonyl (C=O) groups is 3. The molecule has 0 spiro atoms. The Morgan fingerprint density at radius 1 is 1.09 bits per heavy atom. The number of nitrogens with one attached hydrogen (secondary N) is 3. The Balaban J connectivity index is 1.32. The summed E-state index contributed by atoms with van der Waals surface area (Å²) in [5, 5.41) is 17.3. The molecule has 0 radical (unpaired) electrons. The van der Waals surface area contributed by atoms with Gasteiger partial charge in [0, 0.05) is 50.7 Å². The summed E-state index contributed by atoms with van der Waals surface area (Å²) in [6.45, 7) is -0.318. The highest BCUT2D eigenvalue weighted by Gasteiger charge is 2.37. The first-order valence-corrected chi connectivity index (χ1v) is 16.8. The number of hydrogen-bond donors (Lipinski definition) is 7. The van der Waals surface area contributed by atoms with E-state index in [0.717, 1.165) is 47.3 Å². The van der Waals surface area contributed by atoms with Crippen LogP contribution in [0.3, 0.4) is 0 Å². The number of rotatable bonds is 16. The summed E-state index contributed by atoms with van der Waals surface area (Å²) in [5.41, 5.74) is -1.33. The van der Waals surface area contributed by atoms with Crippen molar-refractivity contribution < 1.29 is 43.1 Å². The van der Waals surface area contributed by atoms with Gasteiger partial charge in [0.05, 0.1) is 12.7 Å². The summed E-state index contributed by atoms with van der Waals surface area (Å²) in [6, 6.07) is 1.14. The molecule has 3 amide bonds. The number of thiol groups is 1. The van der Waals surface area contributed by atoms with Crippen molar-refractivity contribution in [2.24, 2.45) is 5.92 Å². The van der Waals surface area contributed by atoms with Gasteiger partial charge in [-0.25, -0.2) is 9.36 Å². The number of unbranched alkanes of at least 4 members (excludes halogenated alkanes) is 2. The van der Waals surface area contributed by atoms with Crippen LogP contribution in [0.25, 0.3) is 0 Å². The number of amides is 3. The van der Waals surface area contributed by atoms with Crippen LogP contribution in [0.1, 0.15) is 70.4 Å². The van der Waals surface area contributed by atoms with Crippen molar-refractivity contribution in [1.29, 1.82) is 0 Å². The third-order valence-electron chi connectivity index (χ3n) is 7.56. The monoisotopic (exact) mass is 663 g/mol. The van der Waals surface area contributed by atoms with Crippen LogP contribution in [0.4, 0.5) is 0 Å². The summed E-state index contributed by atoms with van der Waals surface area (Å²) in [6.07, 6.45) is 4.77. The molecule has 1 aromatic heterocycles. The molecule has 6 N–H and O–H groups in total. The maximum absolute atomic E-state index is 12.9. The molecule has 18 heteroatoms. The van der Waals surface area contributed by atoms with Gasteiger partial charge >= 0.3 is 13.5 Å². The number of phosphoric acid groups is 1. The minimum atomic E-state index is -4.78. The van der Waals surface area contributed by atoms with Crippen molar-refractivity contribution in [1.82, 2.24) is 25.1 Å². The molecule has 2 fully saturated rings. The number of nitrogens with zero attached hydrogens (tertiary/aromatic N) is 2. The number of aromatic nitrogens is 2. The van der Waals surface area contributed by atoms with E-state index >= 15 is 0 Å². The van der Waals surface area contributed by atoms with E-state index in [1.165, 1.54) is 6.20 Å². The van der Waals surface area contributed by atoms with Gasteiger partial charge in [0.25, 0.3) is 11.5 Å². The zero-order valence-corrected chi connectivity index (χ0v) is 26.1. The molecule has 0 bridgehead atoms. The van der Waals surface area contributed by atoms with Crippen LogP contribution in [0, 0.1) is 5.92 Å². The Morgan fingerprint density at radius 2 is 1.82 bits per heavy atom. The third-order valence-corrected chi connectivity index (χ3v) is 8.41. The van der Waals surface area contributed by atoms with Gasteiger partial charge in [-0.05, 0) is 25.7 Å². The SMILES string of the molecule is O=C(CCCCCNC(=O)C(S)NC(=O)C1CCCCC1)NCCn1c(=O)ccn(C2CC(O)C(COP(=O)(O)O)O2)c1=O. The predicted molar refractivity (Wildman–Crippen MR) is 159 cm³/mol. The van der Waals surface area contributed by atoms with Crippen LogP contribution in [0.15, 0.2) is 21.9 Å². The second-order valence-electron chi connectivity index (χ2n) is 10.9. The van der Waals surface area contributed by atoms with Crippen molar-refractivity contribution in [2.45, 2.75) is 94.6 Å². The van der Waals surface area contributed by atoms with Gasteiger partial charge in [-0.2, -0.15) is 0 Å². The molecule has 2 aliphatic rings.